The van der Waals surface area contributed by atoms with Crippen molar-refractivity contribution in [2.45, 2.75) is 44.6 Å². The Balaban J connectivity index is 0.000000186. The van der Waals surface area contributed by atoms with E-state index in [2.05, 4.69) is 10.8 Å². The molecule has 37 heavy (non-hydrogen) atoms. The van der Waals surface area contributed by atoms with Gasteiger partial charge in [-0.3, -0.25) is 4.79 Å². The van der Waals surface area contributed by atoms with Crippen LogP contribution in [0.15, 0.2) is 72.8 Å². The lowest BCUT2D eigenvalue weighted by Crippen LogP contribution is -2.06. The fourth-order valence-corrected chi connectivity index (χ4v) is 4.83. The van der Waals surface area contributed by atoms with E-state index in [1.165, 1.54) is 25.3 Å². The number of fused-ring (bicyclic) bond motifs is 2. The summed E-state index contributed by atoms with van der Waals surface area (Å²) >= 11 is 0. The molecular weight excluding hydrogens is 468 g/mol. The Hall–Kier alpha value is -4.06. The predicted octanol–water partition coefficient (Wildman–Crippen LogP) is 5.75. The number of methoxy groups -OCH3 is 2. The van der Waals surface area contributed by atoms with Gasteiger partial charge in [0.2, 0.25) is 0 Å². The number of allylic oxidation sites excluding steroid dienone is 1. The molecule has 0 aromatic heterocycles. The second-order valence-electron chi connectivity index (χ2n) is 9.18. The summed E-state index contributed by atoms with van der Waals surface area (Å²) in [7, 11) is 2.80. The molecule has 0 heterocycles. The number of rotatable bonds is 6. The summed E-state index contributed by atoms with van der Waals surface area (Å²) in [5, 5.41) is 9.39. The van der Waals surface area contributed by atoms with Gasteiger partial charge in [-0.2, -0.15) is 0 Å². The second kappa shape index (κ2) is 12.3. The van der Waals surface area contributed by atoms with Crippen molar-refractivity contribution in [1.82, 2.24) is 0 Å². The molecule has 1 atom stereocenters. The normalized spacial score (nSPS) is 16.3. The number of benzene rings is 3. The van der Waals surface area contributed by atoms with Gasteiger partial charge in [0.1, 0.15) is 18.1 Å². The fourth-order valence-electron chi connectivity index (χ4n) is 4.83. The molecule has 3 aromatic rings. The lowest BCUT2D eigenvalue weighted by Gasteiger charge is -2.09. The van der Waals surface area contributed by atoms with Crippen molar-refractivity contribution in [3.63, 3.8) is 0 Å². The van der Waals surface area contributed by atoms with Gasteiger partial charge in [0.05, 0.1) is 20.6 Å². The number of esters is 2. The lowest BCUT2D eigenvalue weighted by atomic mass is 9.98. The van der Waals surface area contributed by atoms with Crippen LogP contribution in [0.3, 0.4) is 0 Å². The number of phenolic OH excluding ortho intramolecular Hbond substituents is 1. The molecule has 0 bridgehead atoms. The van der Waals surface area contributed by atoms with Gasteiger partial charge in [-0.15, -0.1) is 0 Å². The van der Waals surface area contributed by atoms with Crippen molar-refractivity contribution >= 4 is 17.5 Å². The minimum absolute atomic E-state index is 0.184. The van der Waals surface area contributed by atoms with Gasteiger partial charge < -0.3 is 19.3 Å². The zero-order valence-corrected chi connectivity index (χ0v) is 21.2. The maximum atomic E-state index is 11.4. The number of hydrogen-bond acceptors (Lipinski definition) is 6. The van der Waals surface area contributed by atoms with Crippen LogP contribution in [-0.2, 0) is 38.5 Å². The molecule has 2 aliphatic rings. The molecule has 192 valence electrons. The first kappa shape index (κ1) is 26.0. The van der Waals surface area contributed by atoms with E-state index in [-0.39, 0.29) is 23.6 Å². The van der Waals surface area contributed by atoms with Gasteiger partial charge in [0.25, 0.3) is 0 Å². The summed E-state index contributed by atoms with van der Waals surface area (Å²) in [6.07, 6.45) is 5.76. The first-order valence-corrected chi connectivity index (χ1v) is 12.4. The van der Waals surface area contributed by atoms with Gasteiger partial charge in [-0.25, -0.2) is 4.79 Å². The summed E-state index contributed by atoms with van der Waals surface area (Å²) in [5.41, 5.74) is 6.83. The summed E-state index contributed by atoms with van der Waals surface area (Å²) in [6.45, 7) is 0.537. The SMILES string of the molecule is COC(=O)C=C1CCc2ccc(OCc3ccccc3)cc21.COC(=O)CC1CCc2ccc(O)cc21. The fraction of sp³-hybridized carbons (Fsp3) is 0.290. The topological polar surface area (TPSA) is 82.1 Å². The van der Waals surface area contributed by atoms with Crippen LogP contribution < -0.4 is 4.74 Å². The van der Waals surface area contributed by atoms with E-state index >= 15 is 0 Å². The molecule has 0 fully saturated rings. The minimum atomic E-state index is -0.307. The number of aromatic hydroxyl groups is 1. The third kappa shape index (κ3) is 6.79. The quantitative estimate of drug-likeness (QED) is 0.343. The van der Waals surface area contributed by atoms with Crippen LogP contribution in [0.2, 0.25) is 0 Å². The zero-order valence-electron chi connectivity index (χ0n) is 21.2. The Kier molecular flexibility index (Phi) is 8.62. The molecule has 6 heteroatoms. The van der Waals surface area contributed by atoms with Crippen molar-refractivity contribution < 1.29 is 28.9 Å². The van der Waals surface area contributed by atoms with Crippen LogP contribution >= 0.6 is 0 Å². The monoisotopic (exact) mass is 500 g/mol. The molecule has 1 unspecified atom stereocenters. The minimum Gasteiger partial charge on any atom is -0.508 e. The summed E-state index contributed by atoms with van der Waals surface area (Å²) < 4.78 is 15.2. The summed E-state index contributed by atoms with van der Waals surface area (Å²) in [4.78, 5) is 22.6. The maximum Gasteiger partial charge on any atom is 0.330 e. The van der Waals surface area contributed by atoms with Gasteiger partial charge in [0, 0.05) is 6.08 Å². The van der Waals surface area contributed by atoms with Crippen molar-refractivity contribution in [1.29, 1.82) is 0 Å². The van der Waals surface area contributed by atoms with E-state index in [9.17, 15) is 14.7 Å². The van der Waals surface area contributed by atoms with Crippen LogP contribution in [0, 0.1) is 0 Å². The van der Waals surface area contributed by atoms with E-state index in [1.54, 1.807) is 18.2 Å². The molecule has 5 rings (SSSR count). The average molecular weight is 501 g/mol. The second-order valence-corrected chi connectivity index (χ2v) is 9.18. The van der Waals surface area contributed by atoms with Crippen molar-refractivity contribution in [3.05, 3.63) is 101 Å². The highest BCUT2D eigenvalue weighted by Gasteiger charge is 2.25. The lowest BCUT2D eigenvalue weighted by molar-refractivity contribution is -0.141. The summed E-state index contributed by atoms with van der Waals surface area (Å²) in [6, 6.07) is 21.5. The third-order valence-corrected chi connectivity index (χ3v) is 6.80. The summed E-state index contributed by atoms with van der Waals surface area (Å²) in [5.74, 6) is 0.806. The Morgan fingerprint density at radius 2 is 1.70 bits per heavy atom. The van der Waals surface area contributed by atoms with E-state index in [1.807, 2.05) is 48.5 Å². The molecule has 0 aliphatic heterocycles. The van der Waals surface area contributed by atoms with E-state index in [0.717, 1.165) is 53.7 Å². The van der Waals surface area contributed by atoms with Crippen LogP contribution in [0.25, 0.3) is 5.57 Å². The van der Waals surface area contributed by atoms with Crippen molar-refractivity contribution in [2.75, 3.05) is 14.2 Å². The van der Waals surface area contributed by atoms with Crippen LogP contribution in [0.5, 0.6) is 11.5 Å². The highest BCUT2D eigenvalue weighted by Crippen LogP contribution is 2.37. The Labute approximate surface area is 217 Å². The highest BCUT2D eigenvalue weighted by molar-refractivity contribution is 5.93. The molecule has 6 nitrogen and oxygen atoms in total. The van der Waals surface area contributed by atoms with E-state index in [4.69, 9.17) is 9.47 Å². The number of carbonyl (C=O) groups is 2. The standard InChI is InChI=1S/C19H18O3.C12H14O3/c1-21-19(20)11-16-8-7-15-9-10-17(12-18(15)16)22-13-14-5-3-2-4-6-14;1-15-12(14)6-9-3-2-8-4-5-10(13)7-11(8)9/h2-6,9-12H,7-8,13H2,1H3;4-5,7,9,13H,2-3,6H2,1H3. The van der Waals surface area contributed by atoms with E-state index in [0.29, 0.717) is 13.0 Å². The molecule has 0 radical (unpaired) electrons. The number of hydrogen-bond donors (Lipinski definition) is 1. The molecule has 0 saturated carbocycles. The van der Waals surface area contributed by atoms with Crippen LogP contribution in [0.1, 0.15) is 53.0 Å². The predicted molar refractivity (Wildman–Crippen MR) is 141 cm³/mol. The van der Waals surface area contributed by atoms with Gasteiger partial charge >= 0.3 is 11.9 Å². The smallest absolute Gasteiger partial charge is 0.330 e. The van der Waals surface area contributed by atoms with Crippen molar-refractivity contribution in [2.24, 2.45) is 0 Å². The molecular formula is C31H32O6. The molecule has 0 amide bonds. The largest absolute Gasteiger partial charge is 0.508 e. The van der Waals surface area contributed by atoms with Gasteiger partial charge in [-0.05, 0) is 89.3 Å². The first-order chi connectivity index (χ1) is 18.0. The Bertz CT molecular complexity index is 1280. The molecule has 0 saturated heterocycles. The molecule has 0 spiro atoms. The number of phenols is 1. The highest BCUT2D eigenvalue weighted by atomic mass is 16.5. The number of ether oxygens (including phenoxy) is 3. The molecule has 1 N–H and O–H groups in total. The number of carbonyl (C=O) groups excluding carboxylic acids is 2. The van der Waals surface area contributed by atoms with Gasteiger partial charge in [0.15, 0.2) is 0 Å². The molecule has 2 aliphatic carbocycles. The molecule has 3 aromatic carbocycles. The Morgan fingerprint density at radius 3 is 2.46 bits per heavy atom. The number of aryl methyl sites for hydroxylation is 2. The first-order valence-electron chi connectivity index (χ1n) is 12.4. The average Bonchev–Trinajstić information content (AvgIpc) is 3.51. The Morgan fingerprint density at radius 1 is 0.919 bits per heavy atom. The maximum absolute atomic E-state index is 11.4. The van der Waals surface area contributed by atoms with E-state index < -0.39 is 0 Å². The van der Waals surface area contributed by atoms with Gasteiger partial charge in [-0.1, -0.05) is 42.5 Å². The zero-order chi connectivity index (χ0) is 26.2. The van der Waals surface area contributed by atoms with Crippen LogP contribution in [-0.4, -0.2) is 31.3 Å². The van der Waals surface area contributed by atoms with Crippen LogP contribution in [0.4, 0.5) is 0 Å². The van der Waals surface area contributed by atoms with Crippen molar-refractivity contribution in [3.8, 4) is 11.5 Å². The third-order valence-electron chi connectivity index (χ3n) is 6.80.